The largest absolute Gasteiger partial charge is 0.318 e. The van der Waals surface area contributed by atoms with Gasteiger partial charge in [-0.1, -0.05) is 35.9 Å². The summed E-state index contributed by atoms with van der Waals surface area (Å²) in [5.41, 5.74) is 9.10. The van der Waals surface area contributed by atoms with E-state index < -0.39 is 0 Å². The van der Waals surface area contributed by atoms with Crippen molar-refractivity contribution in [3.8, 4) is 11.3 Å². The van der Waals surface area contributed by atoms with E-state index in [1.165, 1.54) is 11.1 Å². The third-order valence-corrected chi connectivity index (χ3v) is 5.00. The van der Waals surface area contributed by atoms with Gasteiger partial charge in [0.2, 0.25) is 0 Å². The molecule has 1 N–H and O–H groups in total. The summed E-state index contributed by atoms with van der Waals surface area (Å²) in [6.07, 6.45) is 1.88. The Kier molecular flexibility index (Phi) is 3.72. The molecule has 7 heteroatoms. The van der Waals surface area contributed by atoms with Gasteiger partial charge >= 0.3 is 0 Å². The van der Waals surface area contributed by atoms with Crippen molar-refractivity contribution >= 4 is 28.3 Å². The van der Waals surface area contributed by atoms with Gasteiger partial charge in [-0.2, -0.15) is 10.1 Å². The van der Waals surface area contributed by atoms with Crippen LogP contribution in [0.3, 0.4) is 0 Å². The summed E-state index contributed by atoms with van der Waals surface area (Å²) in [6.45, 7) is 3.52. The molecule has 0 atom stereocenters. The first-order valence-electron chi connectivity index (χ1n) is 8.85. The minimum atomic E-state index is 0.588. The molecule has 0 saturated carbocycles. The van der Waals surface area contributed by atoms with Gasteiger partial charge in [-0.15, -0.1) is 0 Å². The van der Waals surface area contributed by atoms with Gasteiger partial charge in [0.25, 0.3) is 5.62 Å². The SMILES string of the molecule is CCn1ncc2c3n(c(=Nc4ccc(Cl)cc4)nc21)NCc1ccccc1-3. The lowest BCUT2D eigenvalue weighted by Gasteiger charge is -2.24. The van der Waals surface area contributed by atoms with Crippen molar-refractivity contribution in [2.45, 2.75) is 20.0 Å². The van der Waals surface area contributed by atoms with Crippen LogP contribution in [0.2, 0.25) is 5.02 Å². The maximum absolute atomic E-state index is 6.00. The number of hydrogen-bond donors (Lipinski definition) is 1. The fourth-order valence-electron chi connectivity index (χ4n) is 3.45. The van der Waals surface area contributed by atoms with Crippen molar-refractivity contribution in [1.29, 1.82) is 0 Å². The highest BCUT2D eigenvalue weighted by Crippen LogP contribution is 2.31. The van der Waals surface area contributed by atoms with Crippen LogP contribution in [0, 0.1) is 0 Å². The smallest absolute Gasteiger partial charge is 0.251 e. The summed E-state index contributed by atoms with van der Waals surface area (Å²) in [4.78, 5) is 9.57. The molecule has 4 aromatic rings. The molecule has 0 bridgehead atoms. The standard InChI is InChI=1S/C20H17ClN6/c1-2-26-19-17(12-22-26)18-16-6-4-3-5-13(16)11-23-27(18)20(25-19)24-15-9-7-14(21)8-10-15/h3-10,12,23H,2,11H2,1H3. The molecule has 5 rings (SSSR count). The highest BCUT2D eigenvalue weighted by molar-refractivity contribution is 6.30. The topological polar surface area (TPSA) is 60.0 Å². The van der Waals surface area contributed by atoms with Crippen molar-refractivity contribution < 1.29 is 0 Å². The Morgan fingerprint density at radius 3 is 2.78 bits per heavy atom. The number of halogens is 1. The number of rotatable bonds is 2. The molecule has 3 heterocycles. The van der Waals surface area contributed by atoms with E-state index in [1.54, 1.807) is 0 Å². The fraction of sp³-hybridized carbons (Fsp3) is 0.150. The minimum absolute atomic E-state index is 0.588. The summed E-state index contributed by atoms with van der Waals surface area (Å²) < 4.78 is 3.86. The van der Waals surface area contributed by atoms with Gasteiger partial charge in [-0.05, 0) is 36.8 Å². The van der Waals surface area contributed by atoms with E-state index in [1.807, 2.05) is 39.8 Å². The normalized spacial score (nSPS) is 13.3. The lowest BCUT2D eigenvalue weighted by atomic mass is 10.0. The average molecular weight is 377 g/mol. The Bertz CT molecular complexity index is 1220. The Balaban J connectivity index is 1.87. The first-order chi connectivity index (χ1) is 13.2. The van der Waals surface area contributed by atoms with Gasteiger partial charge in [0.05, 0.1) is 29.5 Å². The molecule has 0 unspecified atom stereocenters. The van der Waals surface area contributed by atoms with Gasteiger partial charge in [0.1, 0.15) is 0 Å². The fourth-order valence-corrected chi connectivity index (χ4v) is 3.58. The second kappa shape index (κ2) is 6.25. The van der Waals surface area contributed by atoms with Crippen LogP contribution in [-0.2, 0) is 13.1 Å². The second-order valence-corrected chi connectivity index (χ2v) is 6.81. The summed E-state index contributed by atoms with van der Waals surface area (Å²) in [7, 11) is 0. The molecular weight excluding hydrogens is 360 g/mol. The van der Waals surface area contributed by atoms with Crippen LogP contribution < -0.4 is 11.0 Å². The van der Waals surface area contributed by atoms with Gasteiger partial charge in [-0.25, -0.2) is 14.4 Å². The van der Waals surface area contributed by atoms with E-state index in [9.17, 15) is 0 Å². The molecule has 134 valence electrons. The lowest BCUT2D eigenvalue weighted by Crippen LogP contribution is -2.36. The third-order valence-electron chi connectivity index (χ3n) is 4.75. The molecule has 2 aromatic heterocycles. The van der Waals surface area contributed by atoms with E-state index in [0.717, 1.165) is 29.0 Å². The van der Waals surface area contributed by atoms with Crippen LogP contribution in [0.1, 0.15) is 12.5 Å². The van der Waals surface area contributed by atoms with Crippen LogP contribution in [0.4, 0.5) is 5.69 Å². The minimum Gasteiger partial charge on any atom is -0.318 e. The molecular formula is C20H17ClN6. The molecule has 1 aliphatic rings. The van der Waals surface area contributed by atoms with E-state index in [4.69, 9.17) is 21.6 Å². The van der Waals surface area contributed by atoms with Crippen molar-refractivity contribution in [2.24, 2.45) is 4.99 Å². The van der Waals surface area contributed by atoms with E-state index in [0.29, 0.717) is 17.2 Å². The first-order valence-corrected chi connectivity index (χ1v) is 9.23. The molecule has 0 fully saturated rings. The van der Waals surface area contributed by atoms with Gasteiger partial charge in [0.15, 0.2) is 5.65 Å². The zero-order valence-corrected chi connectivity index (χ0v) is 15.5. The number of aryl methyl sites for hydroxylation is 1. The molecule has 0 aliphatic carbocycles. The van der Waals surface area contributed by atoms with E-state index in [-0.39, 0.29) is 0 Å². The predicted octanol–water partition coefficient (Wildman–Crippen LogP) is 3.86. The molecule has 6 nitrogen and oxygen atoms in total. The predicted molar refractivity (Wildman–Crippen MR) is 106 cm³/mol. The average Bonchev–Trinajstić information content (AvgIpc) is 3.12. The number of fused-ring (bicyclic) bond motifs is 5. The maximum atomic E-state index is 6.00. The monoisotopic (exact) mass is 376 g/mol. The zero-order valence-electron chi connectivity index (χ0n) is 14.7. The Labute approximate surface area is 160 Å². The third kappa shape index (κ3) is 2.61. The van der Waals surface area contributed by atoms with Crippen LogP contribution >= 0.6 is 11.6 Å². The van der Waals surface area contributed by atoms with Gasteiger partial charge in [0, 0.05) is 17.1 Å². The Hall–Kier alpha value is -3.12. The van der Waals surface area contributed by atoms with Crippen LogP contribution in [-0.4, -0.2) is 19.4 Å². The summed E-state index contributed by atoms with van der Waals surface area (Å²) in [5, 5.41) is 6.20. The molecule has 0 saturated heterocycles. The molecule has 0 amide bonds. The van der Waals surface area contributed by atoms with Crippen molar-refractivity contribution in [3.63, 3.8) is 0 Å². The van der Waals surface area contributed by atoms with E-state index in [2.05, 4.69) is 41.7 Å². The van der Waals surface area contributed by atoms with Gasteiger partial charge < -0.3 is 5.43 Å². The van der Waals surface area contributed by atoms with Crippen LogP contribution in [0.15, 0.2) is 59.7 Å². The zero-order chi connectivity index (χ0) is 18.4. The van der Waals surface area contributed by atoms with E-state index >= 15 is 0 Å². The molecule has 27 heavy (non-hydrogen) atoms. The number of aromatic nitrogens is 4. The number of hydrogen-bond acceptors (Lipinski definition) is 4. The summed E-state index contributed by atoms with van der Waals surface area (Å²) >= 11 is 6.00. The second-order valence-electron chi connectivity index (χ2n) is 6.37. The molecule has 0 spiro atoms. The highest BCUT2D eigenvalue weighted by atomic mass is 35.5. The summed E-state index contributed by atoms with van der Waals surface area (Å²) in [5.74, 6) is 0. The lowest BCUT2D eigenvalue weighted by molar-refractivity contribution is 0.669. The Morgan fingerprint density at radius 2 is 1.96 bits per heavy atom. The van der Waals surface area contributed by atoms with Crippen molar-refractivity contribution in [2.75, 3.05) is 5.43 Å². The van der Waals surface area contributed by atoms with Crippen LogP contribution in [0.5, 0.6) is 0 Å². The molecule has 0 radical (unpaired) electrons. The number of benzene rings is 2. The highest BCUT2D eigenvalue weighted by Gasteiger charge is 2.21. The summed E-state index contributed by atoms with van der Waals surface area (Å²) in [6, 6.07) is 15.8. The molecule has 2 aromatic carbocycles. The van der Waals surface area contributed by atoms with Crippen LogP contribution in [0.25, 0.3) is 22.3 Å². The Morgan fingerprint density at radius 1 is 1.15 bits per heavy atom. The van der Waals surface area contributed by atoms with Crippen molar-refractivity contribution in [1.82, 2.24) is 19.4 Å². The number of nitrogens with one attached hydrogen (secondary N) is 1. The van der Waals surface area contributed by atoms with Gasteiger partial charge in [-0.3, -0.25) is 0 Å². The number of nitrogens with zero attached hydrogens (tertiary/aromatic N) is 5. The maximum Gasteiger partial charge on any atom is 0.251 e. The quantitative estimate of drug-likeness (QED) is 0.577. The van der Waals surface area contributed by atoms with Crippen molar-refractivity contribution in [3.05, 3.63) is 70.9 Å². The first kappa shape index (κ1) is 16.1. The molecule has 1 aliphatic heterocycles.